The molecule has 0 aliphatic heterocycles. The van der Waals surface area contributed by atoms with Crippen LogP contribution in [-0.2, 0) is 12.6 Å². The van der Waals surface area contributed by atoms with Gasteiger partial charge in [-0.25, -0.2) is 0 Å². The topological polar surface area (TPSA) is 46.3 Å². The van der Waals surface area contributed by atoms with Crippen molar-refractivity contribution < 1.29 is 22.8 Å². The van der Waals surface area contributed by atoms with Crippen molar-refractivity contribution in [2.24, 2.45) is 0 Å². The van der Waals surface area contributed by atoms with E-state index in [1.165, 1.54) is 6.07 Å². The molecule has 0 aliphatic rings. The lowest BCUT2D eigenvalue weighted by Gasteiger charge is -2.13. The van der Waals surface area contributed by atoms with Gasteiger partial charge in [-0.1, -0.05) is 78.0 Å². The lowest BCUT2D eigenvalue weighted by atomic mass is 9.96. The number of aliphatic hydroxyl groups excluding tert-OH is 1. The zero-order chi connectivity index (χ0) is 22.7. The molecule has 32 heavy (non-hydrogen) atoms. The second kappa shape index (κ2) is 9.01. The molecule has 164 valence electrons. The standard InChI is InChI=1S/C26H22F3NO2/c1-17-24(23(31)15-10-18-6-5-9-22(16-18)26(27,28)29)25(32-30-17)21-13-11-20(12-14-21)19-7-3-2-4-8-19/h2-9,11-14,16,23,31H,10,15H2,1H3. The van der Waals surface area contributed by atoms with Crippen LogP contribution in [0.5, 0.6) is 0 Å². The van der Waals surface area contributed by atoms with Crippen molar-refractivity contribution in [2.75, 3.05) is 0 Å². The molecule has 1 aromatic heterocycles. The first-order valence-corrected chi connectivity index (χ1v) is 10.3. The monoisotopic (exact) mass is 437 g/mol. The Kier molecular flexibility index (Phi) is 6.15. The number of hydrogen-bond acceptors (Lipinski definition) is 3. The zero-order valence-corrected chi connectivity index (χ0v) is 17.4. The van der Waals surface area contributed by atoms with Gasteiger partial charge in [-0.3, -0.25) is 0 Å². The van der Waals surface area contributed by atoms with E-state index in [9.17, 15) is 18.3 Å². The van der Waals surface area contributed by atoms with Crippen molar-refractivity contribution in [1.29, 1.82) is 0 Å². The summed E-state index contributed by atoms with van der Waals surface area (Å²) in [5, 5.41) is 14.8. The first-order valence-electron chi connectivity index (χ1n) is 10.3. The van der Waals surface area contributed by atoms with Crippen molar-refractivity contribution in [3.05, 3.63) is 101 Å². The lowest BCUT2D eigenvalue weighted by Crippen LogP contribution is -2.06. The fourth-order valence-corrected chi connectivity index (χ4v) is 3.77. The average Bonchev–Trinajstić information content (AvgIpc) is 3.19. The number of aryl methyl sites for hydroxylation is 2. The lowest BCUT2D eigenvalue weighted by molar-refractivity contribution is -0.137. The molecule has 1 heterocycles. The van der Waals surface area contributed by atoms with Gasteiger partial charge in [-0.15, -0.1) is 0 Å². The van der Waals surface area contributed by atoms with Crippen LogP contribution in [-0.4, -0.2) is 10.3 Å². The molecule has 1 N–H and O–H groups in total. The van der Waals surface area contributed by atoms with Gasteiger partial charge in [-0.2, -0.15) is 13.2 Å². The summed E-state index contributed by atoms with van der Waals surface area (Å²) in [7, 11) is 0. The Hall–Kier alpha value is -3.38. The molecule has 0 saturated carbocycles. The van der Waals surface area contributed by atoms with E-state index in [0.29, 0.717) is 29.0 Å². The van der Waals surface area contributed by atoms with Crippen molar-refractivity contribution >= 4 is 0 Å². The summed E-state index contributed by atoms with van der Waals surface area (Å²) in [6, 6.07) is 22.9. The van der Waals surface area contributed by atoms with Crippen LogP contribution in [0.3, 0.4) is 0 Å². The first kappa shape index (κ1) is 21.8. The SMILES string of the molecule is Cc1noc(-c2ccc(-c3ccccc3)cc2)c1C(O)CCc1cccc(C(F)(F)F)c1. The minimum absolute atomic E-state index is 0.248. The van der Waals surface area contributed by atoms with E-state index in [1.807, 2.05) is 54.6 Å². The van der Waals surface area contributed by atoms with Gasteiger partial charge in [0.25, 0.3) is 0 Å². The molecule has 0 bridgehead atoms. The second-order valence-electron chi connectivity index (χ2n) is 7.71. The number of halogens is 3. The Labute approximate surface area is 184 Å². The number of alkyl halides is 3. The van der Waals surface area contributed by atoms with Crippen LogP contribution < -0.4 is 0 Å². The molecular formula is C26H22F3NO2. The molecule has 6 heteroatoms. The Bertz CT molecular complexity index is 1180. The normalized spacial score (nSPS) is 12.7. The van der Waals surface area contributed by atoms with E-state index < -0.39 is 17.8 Å². The number of aliphatic hydroxyl groups is 1. The summed E-state index contributed by atoms with van der Waals surface area (Å²) < 4.78 is 44.4. The summed E-state index contributed by atoms with van der Waals surface area (Å²) in [6.45, 7) is 1.74. The molecule has 0 spiro atoms. The number of benzene rings is 3. The Balaban J connectivity index is 1.52. The van der Waals surface area contributed by atoms with Gasteiger partial charge in [0.2, 0.25) is 0 Å². The number of aromatic nitrogens is 1. The van der Waals surface area contributed by atoms with Crippen LogP contribution in [0.15, 0.2) is 83.4 Å². The minimum atomic E-state index is -4.39. The molecule has 0 amide bonds. The third-order valence-corrected chi connectivity index (χ3v) is 5.46. The highest BCUT2D eigenvalue weighted by molar-refractivity contribution is 5.69. The van der Waals surface area contributed by atoms with E-state index in [0.717, 1.165) is 28.8 Å². The Morgan fingerprint density at radius 1 is 0.875 bits per heavy atom. The molecule has 0 radical (unpaired) electrons. The molecule has 4 aromatic rings. The maximum absolute atomic E-state index is 13.0. The third kappa shape index (κ3) is 4.75. The molecule has 0 saturated heterocycles. The Morgan fingerprint density at radius 3 is 2.22 bits per heavy atom. The molecule has 1 unspecified atom stereocenters. The predicted molar refractivity (Wildman–Crippen MR) is 117 cm³/mol. The van der Waals surface area contributed by atoms with Gasteiger partial charge in [-0.05, 0) is 42.5 Å². The van der Waals surface area contributed by atoms with Crippen LogP contribution in [0, 0.1) is 6.92 Å². The number of rotatable bonds is 6. The van der Waals surface area contributed by atoms with E-state index >= 15 is 0 Å². The molecule has 0 fully saturated rings. The number of hydrogen-bond donors (Lipinski definition) is 1. The van der Waals surface area contributed by atoms with Crippen LogP contribution in [0.1, 0.15) is 34.9 Å². The van der Waals surface area contributed by atoms with Gasteiger partial charge in [0.15, 0.2) is 5.76 Å². The van der Waals surface area contributed by atoms with Gasteiger partial charge >= 0.3 is 6.18 Å². The summed E-state index contributed by atoms with van der Waals surface area (Å²) in [5.74, 6) is 0.471. The number of nitrogens with zero attached hydrogens (tertiary/aromatic N) is 1. The van der Waals surface area contributed by atoms with Gasteiger partial charge in [0.1, 0.15) is 0 Å². The van der Waals surface area contributed by atoms with Crippen molar-refractivity contribution in [3.8, 4) is 22.5 Å². The largest absolute Gasteiger partial charge is 0.416 e. The van der Waals surface area contributed by atoms with Crippen LogP contribution in [0.25, 0.3) is 22.5 Å². The Morgan fingerprint density at radius 2 is 1.53 bits per heavy atom. The fraction of sp³-hybridized carbons (Fsp3) is 0.192. The van der Waals surface area contributed by atoms with Gasteiger partial charge < -0.3 is 9.63 Å². The van der Waals surface area contributed by atoms with Crippen molar-refractivity contribution in [2.45, 2.75) is 32.0 Å². The van der Waals surface area contributed by atoms with E-state index in [4.69, 9.17) is 4.52 Å². The van der Waals surface area contributed by atoms with Crippen LogP contribution in [0.2, 0.25) is 0 Å². The molecule has 1 atom stereocenters. The zero-order valence-electron chi connectivity index (χ0n) is 17.4. The maximum atomic E-state index is 13.0. The van der Waals surface area contributed by atoms with Crippen LogP contribution >= 0.6 is 0 Å². The predicted octanol–water partition coefficient (Wildman–Crippen LogP) is 7.00. The van der Waals surface area contributed by atoms with Gasteiger partial charge in [0.05, 0.1) is 22.9 Å². The quantitative estimate of drug-likeness (QED) is 0.353. The molecule has 4 rings (SSSR count). The van der Waals surface area contributed by atoms with E-state index in [2.05, 4.69) is 5.16 Å². The minimum Gasteiger partial charge on any atom is -0.388 e. The summed E-state index contributed by atoms with van der Waals surface area (Å²) in [6.07, 6.45) is -4.76. The molecule has 3 aromatic carbocycles. The fourth-order valence-electron chi connectivity index (χ4n) is 3.77. The third-order valence-electron chi connectivity index (χ3n) is 5.46. The summed E-state index contributed by atoms with van der Waals surface area (Å²) in [4.78, 5) is 0. The first-order chi connectivity index (χ1) is 15.3. The van der Waals surface area contributed by atoms with E-state index in [1.54, 1.807) is 13.0 Å². The van der Waals surface area contributed by atoms with Crippen LogP contribution in [0.4, 0.5) is 13.2 Å². The molecular weight excluding hydrogens is 415 g/mol. The van der Waals surface area contributed by atoms with Crippen molar-refractivity contribution in [1.82, 2.24) is 5.16 Å². The van der Waals surface area contributed by atoms with E-state index in [-0.39, 0.29) is 6.42 Å². The smallest absolute Gasteiger partial charge is 0.388 e. The van der Waals surface area contributed by atoms with Crippen molar-refractivity contribution in [3.63, 3.8) is 0 Å². The average molecular weight is 437 g/mol. The summed E-state index contributed by atoms with van der Waals surface area (Å²) in [5.41, 5.74) is 3.87. The summed E-state index contributed by atoms with van der Waals surface area (Å²) >= 11 is 0. The highest BCUT2D eigenvalue weighted by Crippen LogP contribution is 2.35. The maximum Gasteiger partial charge on any atom is 0.416 e. The van der Waals surface area contributed by atoms with Gasteiger partial charge in [0, 0.05) is 5.56 Å². The highest BCUT2D eigenvalue weighted by atomic mass is 19.4. The second-order valence-corrected chi connectivity index (χ2v) is 7.71. The molecule has 0 aliphatic carbocycles. The highest BCUT2D eigenvalue weighted by Gasteiger charge is 2.30. The molecule has 3 nitrogen and oxygen atoms in total.